The van der Waals surface area contributed by atoms with Gasteiger partial charge in [-0.1, -0.05) is 30.3 Å². The Labute approximate surface area is 189 Å². The number of nitrogens with one attached hydrogen (secondary N) is 3. The van der Waals surface area contributed by atoms with Crippen LogP contribution in [0.15, 0.2) is 59.9 Å². The summed E-state index contributed by atoms with van der Waals surface area (Å²) in [5.74, 6) is 2.52. The van der Waals surface area contributed by atoms with Gasteiger partial charge in [0.25, 0.3) is 0 Å². The predicted molar refractivity (Wildman–Crippen MR) is 128 cm³/mol. The van der Waals surface area contributed by atoms with Gasteiger partial charge in [0, 0.05) is 31.2 Å². The molecule has 0 aliphatic carbocycles. The second-order valence-electron chi connectivity index (χ2n) is 7.83. The molecule has 1 fully saturated rings. The Morgan fingerprint density at radius 1 is 1.25 bits per heavy atom. The monoisotopic (exact) mass is 433 g/mol. The van der Waals surface area contributed by atoms with Gasteiger partial charge in [0.1, 0.15) is 12.1 Å². The number of aliphatic imine (C=N–C) groups is 1. The molecule has 2 heterocycles. The highest BCUT2D eigenvalue weighted by molar-refractivity contribution is 5.80. The van der Waals surface area contributed by atoms with E-state index in [-0.39, 0.29) is 0 Å². The summed E-state index contributed by atoms with van der Waals surface area (Å²) in [6, 6.07) is 16.7. The van der Waals surface area contributed by atoms with Crippen LogP contribution in [0.3, 0.4) is 0 Å². The van der Waals surface area contributed by atoms with Crippen molar-refractivity contribution < 1.29 is 4.74 Å². The number of piperidine rings is 1. The van der Waals surface area contributed by atoms with Gasteiger partial charge in [-0.15, -0.1) is 0 Å². The van der Waals surface area contributed by atoms with Crippen molar-refractivity contribution in [2.45, 2.75) is 32.4 Å². The lowest BCUT2D eigenvalue weighted by atomic mass is 10.0. The summed E-state index contributed by atoms with van der Waals surface area (Å²) in [5, 5.41) is 13.9. The van der Waals surface area contributed by atoms with E-state index < -0.39 is 0 Å². The molecule has 3 aromatic rings. The summed E-state index contributed by atoms with van der Waals surface area (Å²) in [7, 11) is 1.73. The minimum absolute atomic E-state index is 0.312. The summed E-state index contributed by atoms with van der Waals surface area (Å²) >= 11 is 0. The lowest BCUT2D eigenvalue weighted by molar-refractivity contribution is 0.408. The molecule has 0 bridgehead atoms. The van der Waals surface area contributed by atoms with Crippen LogP contribution < -0.4 is 20.3 Å². The molecule has 0 spiro atoms. The number of nitrogens with zero attached hydrogens (tertiary/aromatic N) is 4. The number of aromatic nitrogens is 3. The number of para-hydroxylation sites is 2. The van der Waals surface area contributed by atoms with Gasteiger partial charge in [0.2, 0.25) is 0 Å². The molecule has 3 N–H and O–H groups in total. The van der Waals surface area contributed by atoms with Gasteiger partial charge in [0.15, 0.2) is 11.8 Å². The van der Waals surface area contributed by atoms with Crippen molar-refractivity contribution in [3.8, 4) is 17.1 Å². The van der Waals surface area contributed by atoms with Gasteiger partial charge in [-0.05, 0) is 43.5 Å². The SMILES string of the molecule is CCNC(=NCc1cccc(-c2ncn[nH]2)c1)NC1CCCN(c2ccccc2OC)C1. The van der Waals surface area contributed by atoms with Crippen molar-refractivity contribution in [1.29, 1.82) is 0 Å². The zero-order chi connectivity index (χ0) is 22.2. The Kier molecular flexibility index (Phi) is 7.22. The lowest BCUT2D eigenvalue weighted by Crippen LogP contribution is -2.51. The van der Waals surface area contributed by atoms with Gasteiger partial charge in [-0.25, -0.2) is 9.98 Å². The summed E-state index contributed by atoms with van der Waals surface area (Å²) in [4.78, 5) is 11.5. The van der Waals surface area contributed by atoms with E-state index in [9.17, 15) is 0 Å². The summed E-state index contributed by atoms with van der Waals surface area (Å²) < 4.78 is 5.57. The highest BCUT2D eigenvalue weighted by atomic mass is 16.5. The minimum atomic E-state index is 0.312. The number of anilines is 1. The number of benzene rings is 2. The van der Waals surface area contributed by atoms with Crippen molar-refractivity contribution >= 4 is 11.6 Å². The van der Waals surface area contributed by atoms with Crippen LogP contribution in [0.25, 0.3) is 11.4 Å². The van der Waals surface area contributed by atoms with Gasteiger partial charge in [-0.2, -0.15) is 5.10 Å². The van der Waals surface area contributed by atoms with E-state index >= 15 is 0 Å². The lowest BCUT2D eigenvalue weighted by Gasteiger charge is -2.36. The highest BCUT2D eigenvalue weighted by Gasteiger charge is 2.22. The van der Waals surface area contributed by atoms with Crippen molar-refractivity contribution in [2.75, 3.05) is 31.6 Å². The average molecular weight is 434 g/mol. The Hall–Kier alpha value is -3.55. The van der Waals surface area contributed by atoms with Crippen LogP contribution in [-0.2, 0) is 6.54 Å². The van der Waals surface area contributed by atoms with Crippen LogP contribution in [0.1, 0.15) is 25.3 Å². The maximum atomic E-state index is 5.57. The zero-order valence-electron chi connectivity index (χ0n) is 18.7. The van der Waals surface area contributed by atoms with E-state index in [1.807, 2.05) is 24.3 Å². The van der Waals surface area contributed by atoms with Crippen LogP contribution in [0, 0.1) is 0 Å². The largest absolute Gasteiger partial charge is 0.495 e. The first-order chi connectivity index (χ1) is 15.8. The van der Waals surface area contributed by atoms with Gasteiger partial charge in [-0.3, -0.25) is 5.10 Å². The number of ether oxygens (including phenoxy) is 1. The molecule has 4 rings (SSSR count). The molecule has 168 valence electrons. The molecule has 8 heteroatoms. The molecule has 32 heavy (non-hydrogen) atoms. The normalized spacial score (nSPS) is 16.6. The summed E-state index contributed by atoms with van der Waals surface area (Å²) in [6.45, 7) is 5.42. The fourth-order valence-corrected chi connectivity index (χ4v) is 4.05. The van der Waals surface area contributed by atoms with Crippen LogP contribution in [0.5, 0.6) is 5.75 Å². The fourth-order valence-electron chi connectivity index (χ4n) is 4.05. The van der Waals surface area contributed by atoms with Crippen molar-refractivity contribution in [3.63, 3.8) is 0 Å². The summed E-state index contributed by atoms with van der Waals surface area (Å²) in [5.41, 5.74) is 3.27. The molecule has 1 aliphatic rings. The second kappa shape index (κ2) is 10.7. The number of aromatic amines is 1. The third kappa shape index (κ3) is 5.38. The first kappa shape index (κ1) is 21.7. The molecule has 2 aromatic carbocycles. The van der Waals surface area contributed by atoms with Crippen molar-refractivity contribution in [2.24, 2.45) is 4.99 Å². The average Bonchev–Trinajstić information content (AvgIpc) is 3.38. The van der Waals surface area contributed by atoms with Crippen LogP contribution in [0.2, 0.25) is 0 Å². The number of rotatable bonds is 7. The van der Waals surface area contributed by atoms with Gasteiger partial charge >= 0.3 is 0 Å². The molecule has 1 saturated heterocycles. The smallest absolute Gasteiger partial charge is 0.191 e. The number of hydrogen-bond donors (Lipinski definition) is 3. The number of hydrogen-bond acceptors (Lipinski definition) is 5. The van der Waals surface area contributed by atoms with Crippen molar-refractivity contribution in [3.05, 3.63) is 60.4 Å². The first-order valence-electron chi connectivity index (χ1n) is 11.1. The Balaban J connectivity index is 1.43. The molecule has 8 nitrogen and oxygen atoms in total. The van der Waals surface area contributed by atoms with Gasteiger partial charge < -0.3 is 20.3 Å². The van der Waals surface area contributed by atoms with Crippen LogP contribution >= 0.6 is 0 Å². The number of H-pyrrole nitrogens is 1. The summed E-state index contributed by atoms with van der Waals surface area (Å²) in [6.07, 6.45) is 3.75. The number of guanidine groups is 1. The fraction of sp³-hybridized carbons (Fsp3) is 0.375. The third-order valence-corrected chi connectivity index (χ3v) is 5.57. The number of methoxy groups -OCH3 is 1. The Bertz CT molecular complexity index is 1020. The topological polar surface area (TPSA) is 90.5 Å². The molecule has 1 atom stereocenters. The van der Waals surface area contributed by atoms with E-state index in [4.69, 9.17) is 9.73 Å². The van der Waals surface area contributed by atoms with E-state index in [0.717, 1.165) is 66.8 Å². The Morgan fingerprint density at radius 2 is 2.16 bits per heavy atom. The maximum Gasteiger partial charge on any atom is 0.191 e. The second-order valence-corrected chi connectivity index (χ2v) is 7.83. The maximum absolute atomic E-state index is 5.57. The molecular formula is C24H31N7O. The molecular weight excluding hydrogens is 402 g/mol. The van der Waals surface area contributed by atoms with E-state index in [1.165, 1.54) is 6.33 Å². The minimum Gasteiger partial charge on any atom is -0.495 e. The third-order valence-electron chi connectivity index (χ3n) is 5.57. The van der Waals surface area contributed by atoms with E-state index in [0.29, 0.717) is 12.6 Å². The standard InChI is InChI=1S/C24H31N7O/c1-3-25-24(26-15-18-8-6-9-19(14-18)23-27-17-28-30-23)29-20-10-7-13-31(16-20)21-11-4-5-12-22(21)32-2/h4-6,8-9,11-12,14,17,20H,3,7,10,13,15-16H2,1-2H3,(H2,25,26,29)(H,27,28,30). The molecule has 1 aliphatic heterocycles. The van der Waals surface area contributed by atoms with E-state index in [1.54, 1.807) is 7.11 Å². The molecule has 0 saturated carbocycles. The quantitative estimate of drug-likeness (QED) is 0.392. The van der Waals surface area contributed by atoms with Crippen LogP contribution in [0.4, 0.5) is 5.69 Å². The predicted octanol–water partition coefficient (Wildman–Crippen LogP) is 3.20. The molecule has 1 unspecified atom stereocenters. The Morgan fingerprint density at radius 3 is 2.97 bits per heavy atom. The first-order valence-corrected chi connectivity index (χ1v) is 11.1. The highest BCUT2D eigenvalue weighted by Crippen LogP contribution is 2.29. The van der Waals surface area contributed by atoms with Crippen LogP contribution in [-0.4, -0.2) is 53.9 Å². The van der Waals surface area contributed by atoms with Gasteiger partial charge in [0.05, 0.1) is 19.3 Å². The van der Waals surface area contributed by atoms with Crippen molar-refractivity contribution in [1.82, 2.24) is 25.8 Å². The zero-order valence-corrected chi connectivity index (χ0v) is 18.7. The molecule has 1 aromatic heterocycles. The van der Waals surface area contributed by atoms with E-state index in [2.05, 4.69) is 61.9 Å². The molecule has 0 amide bonds. The molecule has 0 radical (unpaired) electrons.